The van der Waals surface area contributed by atoms with E-state index in [4.69, 9.17) is 28.9 Å². The minimum atomic E-state index is -0.0505. The number of hydrogen-bond acceptors (Lipinski definition) is 2. The minimum absolute atomic E-state index is 0.0505. The molecule has 1 saturated carbocycles. The third-order valence-electron chi connectivity index (χ3n) is 2.55. The number of nitrogens with two attached hydrogens (primary N) is 1. The van der Waals surface area contributed by atoms with E-state index in [9.17, 15) is 0 Å². The first-order chi connectivity index (χ1) is 6.68. The molecule has 2 N–H and O–H groups in total. The molecule has 4 heteroatoms. The lowest BCUT2D eigenvalue weighted by atomic mass is 10.0. The molecule has 1 aliphatic rings. The van der Waals surface area contributed by atoms with Crippen LogP contribution in [0.3, 0.4) is 0 Å². The van der Waals surface area contributed by atoms with Crippen molar-refractivity contribution in [2.75, 3.05) is 0 Å². The highest BCUT2D eigenvalue weighted by Crippen LogP contribution is 2.39. The molecule has 0 aromatic carbocycles. The maximum absolute atomic E-state index is 6.04. The normalized spacial score (nSPS) is 18.2. The van der Waals surface area contributed by atoms with E-state index in [1.165, 1.54) is 12.8 Å². The summed E-state index contributed by atoms with van der Waals surface area (Å²) in [5.41, 5.74) is 6.88. The van der Waals surface area contributed by atoms with Gasteiger partial charge in [-0.3, -0.25) is 4.98 Å². The molecule has 14 heavy (non-hydrogen) atoms. The molecular formula is C10H12Cl2N2. The Bertz CT molecular complexity index is 317. The van der Waals surface area contributed by atoms with Crippen LogP contribution in [0, 0.1) is 5.92 Å². The molecule has 0 saturated heterocycles. The Morgan fingerprint density at radius 2 is 1.93 bits per heavy atom. The van der Waals surface area contributed by atoms with Crippen LogP contribution in [-0.4, -0.2) is 4.98 Å². The Morgan fingerprint density at radius 1 is 1.36 bits per heavy atom. The van der Waals surface area contributed by atoms with Gasteiger partial charge in [0.1, 0.15) is 0 Å². The first-order valence-corrected chi connectivity index (χ1v) is 5.48. The minimum Gasteiger partial charge on any atom is -0.324 e. The van der Waals surface area contributed by atoms with Crippen molar-refractivity contribution in [1.82, 2.24) is 4.98 Å². The van der Waals surface area contributed by atoms with Crippen molar-refractivity contribution in [2.45, 2.75) is 25.3 Å². The van der Waals surface area contributed by atoms with Crippen LogP contribution >= 0.6 is 23.2 Å². The van der Waals surface area contributed by atoms with Gasteiger partial charge in [0.2, 0.25) is 0 Å². The van der Waals surface area contributed by atoms with Crippen LogP contribution in [-0.2, 0) is 0 Å². The van der Waals surface area contributed by atoms with Gasteiger partial charge in [0.25, 0.3) is 0 Å². The summed E-state index contributed by atoms with van der Waals surface area (Å²) in [6, 6.07) is -0.0505. The molecule has 0 spiro atoms. The topological polar surface area (TPSA) is 38.9 Å². The average molecular weight is 231 g/mol. The van der Waals surface area contributed by atoms with E-state index in [0.717, 1.165) is 17.9 Å². The Balaban J connectivity index is 2.19. The summed E-state index contributed by atoms with van der Waals surface area (Å²) in [7, 11) is 0. The van der Waals surface area contributed by atoms with Gasteiger partial charge in [-0.1, -0.05) is 36.0 Å². The predicted octanol–water partition coefficient (Wildman–Crippen LogP) is 3.19. The maximum atomic E-state index is 6.04. The number of nitrogens with zero attached hydrogens (tertiary/aromatic N) is 1. The standard InChI is InChI=1S/C10H12Cl2N2/c11-7-4-14-5-8(12)10(7)9(13)3-6-1-2-6/h4-6,9H,1-3,13H2. The molecule has 0 aliphatic heterocycles. The van der Waals surface area contributed by atoms with Crippen molar-refractivity contribution >= 4 is 23.2 Å². The average Bonchev–Trinajstić information content (AvgIpc) is 2.87. The summed E-state index contributed by atoms with van der Waals surface area (Å²) in [6.07, 6.45) is 6.73. The monoisotopic (exact) mass is 230 g/mol. The molecule has 1 atom stereocenters. The van der Waals surface area contributed by atoms with Crippen LogP contribution in [0.15, 0.2) is 12.4 Å². The highest BCUT2D eigenvalue weighted by molar-refractivity contribution is 6.35. The van der Waals surface area contributed by atoms with Gasteiger partial charge in [-0.2, -0.15) is 0 Å². The van der Waals surface area contributed by atoms with Crippen molar-refractivity contribution < 1.29 is 0 Å². The summed E-state index contributed by atoms with van der Waals surface area (Å²) in [6.45, 7) is 0. The molecular weight excluding hydrogens is 219 g/mol. The van der Waals surface area contributed by atoms with Crippen molar-refractivity contribution in [1.29, 1.82) is 0 Å². The van der Waals surface area contributed by atoms with Gasteiger partial charge < -0.3 is 5.73 Å². The molecule has 0 radical (unpaired) electrons. The Hall–Kier alpha value is -0.310. The third kappa shape index (κ3) is 2.19. The summed E-state index contributed by atoms with van der Waals surface area (Å²) in [5, 5.41) is 1.15. The Morgan fingerprint density at radius 3 is 2.43 bits per heavy atom. The second-order valence-corrected chi connectivity index (χ2v) is 4.62. The highest BCUT2D eigenvalue weighted by Gasteiger charge is 2.26. The van der Waals surface area contributed by atoms with Gasteiger partial charge in [0.05, 0.1) is 10.0 Å². The SMILES string of the molecule is NC(CC1CC1)c1c(Cl)cncc1Cl. The van der Waals surface area contributed by atoms with Crippen molar-refractivity contribution in [3.8, 4) is 0 Å². The van der Waals surface area contributed by atoms with Gasteiger partial charge in [-0.25, -0.2) is 0 Å². The van der Waals surface area contributed by atoms with Crippen LogP contribution in [0.2, 0.25) is 10.0 Å². The van der Waals surface area contributed by atoms with E-state index in [2.05, 4.69) is 4.98 Å². The van der Waals surface area contributed by atoms with Gasteiger partial charge >= 0.3 is 0 Å². The number of rotatable bonds is 3. The fourth-order valence-corrected chi connectivity index (χ4v) is 2.25. The van der Waals surface area contributed by atoms with Crippen molar-refractivity contribution in [3.63, 3.8) is 0 Å². The maximum Gasteiger partial charge on any atom is 0.0651 e. The number of hydrogen-bond donors (Lipinski definition) is 1. The molecule has 2 nitrogen and oxygen atoms in total. The zero-order valence-electron chi connectivity index (χ0n) is 7.71. The van der Waals surface area contributed by atoms with Crippen LogP contribution in [0.25, 0.3) is 0 Å². The van der Waals surface area contributed by atoms with Gasteiger partial charge in [-0.05, 0) is 12.3 Å². The number of pyridine rings is 1. The first kappa shape index (κ1) is 10.2. The summed E-state index contributed by atoms with van der Waals surface area (Å²) in [5.74, 6) is 0.769. The van der Waals surface area contributed by atoms with E-state index < -0.39 is 0 Å². The summed E-state index contributed by atoms with van der Waals surface area (Å²) < 4.78 is 0. The molecule has 1 aromatic heterocycles. The largest absolute Gasteiger partial charge is 0.324 e. The molecule has 1 fully saturated rings. The molecule has 1 aromatic rings. The second kappa shape index (κ2) is 4.05. The van der Waals surface area contributed by atoms with E-state index in [-0.39, 0.29) is 6.04 Å². The van der Waals surface area contributed by atoms with Crippen molar-refractivity contribution in [3.05, 3.63) is 28.0 Å². The first-order valence-electron chi connectivity index (χ1n) is 4.73. The summed E-state index contributed by atoms with van der Waals surface area (Å²) in [4.78, 5) is 3.90. The van der Waals surface area contributed by atoms with Crippen molar-refractivity contribution in [2.24, 2.45) is 11.7 Å². The Labute approximate surface area is 93.4 Å². The molecule has 2 rings (SSSR count). The van der Waals surface area contributed by atoms with Gasteiger partial charge in [0, 0.05) is 24.0 Å². The molecule has 1 heterocycles. The van der Waals surface area contributed by atoms with E-state index in [1.807, 2.05) is 0 Å². The fourth-order valence-electron chi connectivity index (χ4n) is 1.61. The number of halogens is 2. The predicted molar refractivity (Wildman–Crippen MR) is 58.5 cm³/mol. The molecule has 76 valence electrons. The van der Waals surface area contributed by atoms with E-state index in [0.29, 0.717) is 10.0 Å². The molecule has 1 unspecified atom stereocenters. The van der Waals surface area contributed by atoms with E-state index in [1.54, 1.807) is 12.4 Å². The zero-order chi connectivity index (χ0) is 10.1. The third-order valence-corrected chi connectivity index (χ3v) is 3.15. The Kier molecular flexibility index (Phi) is 2.96. The summed E-state index contributed by atoms with van der Waals surface area (Å²) >= 11 is 12.0. The fraction of sp³-hybridized carbons (Fsp3) is 0.500. The smallest absolute Gasteiger partial charge is 0.0651 e. The lowest BCUT2D eigenvalue weighted by molar-refractivity contribution is 0.597. The molecule has 0 amide bonds. The number of aromatic nitrogens is 1. The second-order valence-electron chi connectivity index (χ2n) is 3.80. The highest BCUT2D eigenvalue weighted by atomic mass is 35.5. The molecule has 0 bridgehead atoms. The van der Waals surface area contributed by atoms with Gasteiger partial charge in [-0.15, -0.1) is 0 Å². The van der Waals surface area contributed by atoms with Crippen LogP contribution in [0.5, 0.6) is 0 Å². The van der Waals surface area contributed by atoms with Gasteiger partial charge in [0.15, 0.2) is 0 Å². The lowest BCUT2D eigenvalue weighted by Crippen LogP contribution is -2.12. The molecule has 1 aliphatic carbocycles. The lowest BCUT2D eigenvalue weighted by Gasteiger charge is -2.14. The van der Waals surface area contributed by atoms with Crippen LogP contribution < -0.4 is 5.73 Å². The zero-order valence-corrected chi connectivity index (χ0v) is 9.22. The van der Waals surface area contributed by atoms with Crippen LogP contribution in [0.4, 0.5) is 0 Å². The van der Waals surface area contributed by atoms with Crippen LogP contribution in [0.1, 0.15) is 30.9 Å². The quantitative estimate of drug-likeness (QED) is 0.867. The van der Waals surface area contributed by atoms with E-state index >= 15 is 0 Å².